The van der Waals surface area contributed by atoms with Gasteiger partial charge >= 0.3 is 0 Å². The smallest absolute Gasteiger partial charge is 0.252 e. The Labute approximate surface area is 102 Å². The Morgan fingerprint density at radius 1 is 1.28 bits per heavy atom. The van der Waals surface area contributed by atoms with Crippen LogP contribution in [0.25, 0.3) is 0 Å². The highest BCUT2D eigenvalue weighted by molar-refractivity contribution is 5.94. The van der Waals surface area contributed by atoms with Gasteiger partial charge in [-0.05, 0) is 31.2 Å². The van der Waals surface area contributed by atoms with E-state index in [0.717, 1.165) is 12.1 Å². The monoisotopic (exact) mass is 251 g/mol. The second kappa shape index (κ2) is 5.00. The highest BCUT2D eigenvalue weighted by Crippen LogP contribution is 2.14. The molecule has 1 N–H and O–H groups in total. The number of nitrogens with one attached hydrogen (secondary N) is 1. The van der Waals surface area contributed by atoms with E-state index >= 15 is 0 Å². The minimum absolute atomic E-state index is 0.0640. The Morgan fingerprint density at radius 3 is 2.50 bits per heavy atom. The van der Waals surface area contributed by atoms with Crippen molar-refractivity contribution in [3.8, 4) is 0 Å². The molecule has 5 heteroatoms. The van der Waals surface area contributed by atoms with Crippen LogP contribution in [0.15, 0.2) is 41.0 Å². The Morgan fingerprint density at radius 2 is 1.94 bits per heavy atom. The lowest BCUT2D eigenvalue weighted by molar-refractivity contribution is 0.0934. The SMILES string of the molecule is C[C@@H](NC(=O)c1cc(F)cc(F)c1)c1ccco1. The van der Waals surface area contributed by atoms with E-state index in [2.05, 4.69) is 5.32 Å². The Hall–Kier alpha value is -2.17. The number of hydrogen-bond donors (Lipinski definition) is 1. The molecule has 1 amide bonds. The van der Waals surface area contributed by atoms with Gasteiger partial charge in [0.25, 0.3) is 5.91 Å². The highest BCUT2D eigenvalue weighted by Gasteiger charge is 2.14. The van der Waals surface area contributed by atoms with E-state index in [1.165, 1.54) is 6.26 Å². The van der Waals surface area contributed by atoms with Gasteiger partial charge in [-0.1, -0.05) is 0 Å². The summed E-state index contributed by atoms with van der Waals surface area (Å²) in [7, 11) is 0. The van der Waals surface area contributed by atoms with Gasteiger partial charge in [-0.25, -0.2) is 8.78 Å². The molecule has 0 radical (unpaired) electrons. The zero-order chi connectivity index (χ0) is 13.1. The normalized spacial score (nSPS) is 12.2. The van der Waals surface area contributed by atoms with E-state index < -0.39 is 17.5 Å². The summed E-state index contributed by atoms with van der Waals surface area (Å²) in [4.78, 5) is 11.8. The maximum absolute atomic E-state index is 13.0. The van der Waals surface area contributed by atoms with Crippen molar-refractivity contribution in [1.82, 2.24) is 5.32 Å². The van der Waals surface area contributed by atoms with Crippen LogP contribution >= 0.6 is 0 Å². The van der Waals surface area contributed by atoms with Crippen LogP contribution in [-0.2, 0) is 0 Å². The molecule has 1 heterocycles. The fourth-order valence-electron chi connectivity index (χ4n) is 1.57. The first-order valence-electron chi connectivity index (χ1n) is 5.36. The molecule has 3 nitrogen and oxygen atoms in total. The third-order valence-corrected chi connectivity index (χ3v) is 2.44. The third-order valence-electron chi connectivity index (χ3n) is 2.44. The molecule has 0 unspecified atom stereocenters. The first kappa shape index (κ1) is 12.3. The summed E-state index contributed by atoms with van der Waals surface area (Å²) in [6.45, 7) is 1.71. The van der Waals surface area contributed by atoms with Gasteiger partial charge in [-0.15, -0.1) is 0 Å². The molecule has 0 fully saturated rings. The second-order valence-corrected chi connectivity index (χ2v) is 3.87. The van der Waals surface area contributed by atoms with Crippen LogP contribution in [0.2, 0.25) is 0 Å². The molecule has 2 rings (SSSR count). The number of hydrogen-bond acceptors (Lipinski definition) is 2. The van der Waals surface area contributed by atoms with Crippen LogP contribution in [0, 0.1) is 11.6 Å². The molecule has 0 saturated carbocycles. The fourth-order valence-corrected chi connectivity index (χ4v) is 1.57. The average molecular weight is 251 g/mol. The third kappa shape index (κ3) is 2.74. The van der Waals surface area contributed by atoms with Crippen LogP contribution in [-0.4, -0.2) is 5.91 Å². The molecule has 1 atom stereocenters. The minimum atomic E-state index is -0.786. The van der Waals surface area contributed by atoms with Crippen molar-refractivity contribution >= 4 is 5.91 Å². The zero-order valence-corrected chi connectivity index (χ0v) is 9.61. The molecule has 18 heavy (non-hydrogen) atoms. The van der Waals surface area contributed by atoms with Crippen LogP contribution < -0.4 is 5.32 Å². The second-order valence-electron chi connectivity index (χ2n) is 3.87. The predicted octanol–water partition coefficient (Wildman–Crippen LogP) is 3.05. The maximum atomic E-state index is 13.0. The van der Waals surface area contributed by atoms with Crippen molar-refractivity contribution in [1.29, 1.82) is 0 Å². The van der Waals surface area contributed by atoms with Crippen LogP contribution in [0.3, 0.4) is 0 Å². The fraction of sp³-hybridized carbons (Fsp3) is 0.154. The highest BCUT2D eigenvalue weighted by atomic mass is 19.1. The van der Waals surface area contributed by atoms with Gasteiger partial charge in [0.15, 0.2) is 0 Å². The van der Waals surface area contributed by atoms with Gasteiger partial charge in [0, 0.05) is 11.6 Å². The van der Waals surface area contributed by atoms with Gasteiger partial charge < -0.3 is 9.73 Å². The van der Waals surface area contributed by atoms with E-state index in [9.17, 15) is 13.6 Å². The van der Waals surface area contributed by atoms with Gasteiger partial charge in [0.05, 0.1) is 12.3 Å². The van der Waals surface area contributed by atoms with Crippen LogP contribution in [0.4, 0.5) is 8.78 Å². The summed E-state index contributed by atoms with van der Waals surface area (Å²) in [6, 6.07) is 5.70. The Balaban J connectivity index is 2.12. The van der Waals surface area contributed by atoms with Gasteiger partial charge in [0.2, 0.25) is 0 Å². The summed E-state index contributed by atoms with van der Waals surface area (Å²) in [5, 5.41) is 2.59. The van der Waals surface area contributed by atoms with E-state index in [0.29, 0.717) is 11.8 Å². The molecule has 2 aromatic rings. The standard InChI is InChI=1S/C13H11F2NO2/c1-8(12-3-2-4-18-12)16-13(17)9-5-10(14)7-11(15)6-9/h2-8H,1H3,(H,16,17)/t8-/m1/s1. The molecular weight excluding hydrogens is 240 g/mol. The van der Waals surface area contributed by atoms with Crippen LogP contribution in [0.5, 0.6) is 0 Å². The zero-order valence-electron chi connectivity index (χ0n) is 9.61. The molecule has 0 aliphatic carbocycles. The lowest BCUT2D eigenvalue weighted by Gasteiger charge is -2.11. The van der Waals surface area contributed by atoms with E-state index in [1.807, 2.05) is 0 Å². The first-order chi connectivity index (χ1) is 8.56. The number of amides is 1. The first-order valence-corrected chi connectivity index (χ1v) is 5.36. The number of benzene rings is 1. The largest absolute Gasteiger partial charge is 0.467 e. The lowest BCUT2D eigenvalue weighted by Crippen LogP contribution is -2.26. The summed E-state index contributed by atoms with van der Waals surface area (Å²) in [5.41, 5.74) is -0.0640. The summed E-state index contributed by atoms with van der Waals surface area (Å²) >= 11 is 0. The van der Waals surface area contributed by atoms with E-state index in [1.54, 1.807) is 19.1 Å². The molecule has 0 spiro atoms. The molecule has 0 aliphatic heterocycles. The van der Waals surface area contributed by atoms with Crippen molar-refractivity contribution in [2.75, 3.05) is 0 Å². The van der Waals surface area contributed by atoms with Crippen molar-refractivity contribution in [2.45, 2.75) is 13.0 Å². The summed E-state index contributed by atoms with van der Waals surface area (Å²) in [6.07, 6.45) is 1.49. The molecular formula is C13H11F2NO2. The number of rotatable bonds is 3. The Bertz CT molecular complexity index is 532. The van der Waals surface area contributed by atoms with Crippen molar-refractivity contribution < 1.29 is 18.0 Å². The topological polar surface area (TPSA) is 42.2 Å². The molecule has 0 bridgehead atoms. The lowest BCUT2D eigenvalue weighted by atomic mass is 10.1. The molecule has 0 saturated heterocycles. The quantitative estimate of drug-likeness (QED) is 0.911. The number of carbonyl (C=O) groups excluding carboxylic acids is 1. The minimum Gasteiger partial charge on any atom is -0.467 e. The number of furan rings is 1. The number of carbonyl (C=O) groups is 1. The molecule has 94 valence electrons. The van der Waals surface area contributed by atoms with Crippen molar-refractivity contribution in [3.63, 3.8) is 0 Å². The van der Waals surface area contributed by atoms with E-state index in [4.69, 9.17) is 4.42 Å². The van der Waals surface area contributed by atoms with Crippen LogP contribution in [0.1, 0.15) is 29.1 Å². The van der Waals surface area contributed by atoms with Crippen molar-refractivity contribution in [2.24, 2.45) is 0 Å². The molecule has 0 aliphatic rings. The summed E-state index contributed by atoms with van der Waals surface area (Å²) < 4.78 is 31.0. The summed E-state index contributed by atoms with van der Waals surface area (Å²) in [5.74, 6) is -1.56. The van der Waals surface area contributed by atoms with Gasteiger partial charge in [0.1, 0.15) is 17.4 Å². The Kier molecular flexibility index (Phi) is 3.41. The molecule has 1 aromatic heterocycles. The van der Waals surface area contributed by atoms with Crippen molar-refractivity contribution in [3.05, 3.63) is 59.6 Å². The maximum Gasteiger partial charge on any atom is 0.252 e. The molecule has 1 aromatic carbocycles. The predicted molar refractivity (Wildman–Crippen MR) is 60.9 cm³/mol. The van der Waals surface area contributed by atoms with E-state index in [-0.39, 0.29) is 11.6 Å². The number of halogens is 2. The van der Waals surface area contributed by atoms with Gasteiger partial charge in [-0.3, -0.25) is 4.79 Å². The average Bonchev–Trinajstić information content (AvgIpc) is 2.80. The van der Waals surface area contributed by atoms with Gasteiger partial charge in [-0.2, -0.15) is 0 Å².